The summed E-state index contributed by atoms with van der Waals surface area (Å²) < 4.78 is 5.71. The minimum atomic E-state index is -0.974. The smallest absolute Gasteiger partial charge is 0.355 e. The molecule has 28 heavy (non-hydrogen) atoms. The summed E-state index contributed by atoms with van der Waals surface area (Å²) in [6.45, 7) is 1.51. The molecule has 0 bridgehead atoms. The lowest BCUT2D eigenvalue weighted by atomic mass is 10.0. The Kier molecular flexibility index (Phi) is 5.58. The molecule has 0 aliphatic carbocycles. The van der Waals surface area contributed by atoms with E-state index in [2.05, 4.69) is 22.4 Å². The van der Waals surface area contributed by atoms with Gasteiger partial charge in [-0.15, -0.1) is 11.3 Å². The number of anilines is 1. The van der Waals surface area contributed by atoms with Crippen molar-refractivity contribution in [3.05, 3.63) is 64.7 Å². The van der Waals surface area contributed by atoms with Crippen LogP contribution in [0.5, 0.6) is 5.75 Å². The molecular weight excluding hydrogens is 372 g/mol. The highest BCUT2D eigenvalue weighted by Crippen LogP contribution is 2.33. The van der Waals surface area contributed by atoms with E-state index in [4.69, 9.17) is 4.74 Å². The van der Waals surface area contributed by atoms with Crippen molar-refractivity contribution in [2.24, 2.45) is 0 Å². The van der Waals surface area contributed by atoms with Gasteiger partial charge in [0.25, 0.3) is 0 Å². The van der Waals surface area contributed by atoms with Crippen molar-refractivity contribution in [1.29, 1.82) is 0 Å². The molecule has 0 saturated carbocycles. The van der Waals surface area contributed by atoms with Crippen LogP contribution < -0.4 is 10.1 Å². The quantitative estimate of drug-likeness (QED) is 0.559. The van der Waals surface area contributed by atoms with Gasteiger partial charge in [0.1, 0.15) is 10.8 Å². The van der Waals surface area contributed by atoms with E-state index >= 15 is 0 Å². The van der Waals surface area contributed by atoms with Gasteiger partial charge in [0, 0.05) is 22.7 Å². The Balaban J connectivity index is 1.47. The third-order valence-electron chi connectivity index (χ3n) is 4.76. The predicted molar refractivity (Wildman–Crippen MR) is 112 cm³/mol. The molecule has 6 heteroatoms. The molecule has 0 atom stereocenters. The molecule has 2 heterocycles. The molecule has 4 rings (SSSR count). The van der Waals surface area contributed by atoms with E-state index < -0.39 is 5.97 Å². The third-order valence-corrected chi connectivity index (χ3v) is 5.92. The molecule has 0 amide bonds. The lowest BCUT2D eigenvalue weighted by Gasteiger charge is -2.18. The minimum Gasteiger partial charge on any atom is -0.494 e. The van der Waals surface area contributed by atoms with Gasteiger partial charge >= 0.3 is 5.97 Å². The number of hydrogen-bond donors (Lipinski definition) is 2. The standard InChI is InChI=1S/C22H22N2O3S/c25-22(26)20-19(9-5-13-27-17-7-2-1-3-8-17)28-21(24-20)16-11-10-15-6-4-12-23-18(15)14-16/h1-3,7-8,10-11,14,23H,4-6,9,12-13H2,(H,25,26). The number of nitrogens with one attached hydrogen (secondary N) is 1. The van der Waals surface area contributed by atoms with Gasteiger partial charge in [0.05, 0.1) is 6.61 Å². The zero-order valence-corrected chi connectivity index (χ0v) is 16.3. The van der Waals surface area contributed by atoms with Crippen LogP contribution in [0.25, 0.3) is 10.6 Å². The predicted octanol–water partition coefficient (Wildman–Crippen LogP) is 4.88. The Bertz CT molecular complexity index is 969. The first-order valence-corrected chi connectivity index (χ1v) is 10.3. The molecule has 144 valence electrons. The first-order chi connectivity index (χ1) is 13.7. The van der Waals surface area contributed by atoms with Crippen molar-refractivity contribution in [1.82, 2.24) is 4.98 Å². The van der Waals surface area contributed by atoms with Crippen LogP contribution in [0.2, 0.25) is 0 Å². The van der Waals surface area contributed by atoms with Gasteiger partial charge in [-0.2, -0.15) is 0 Å². The van der Waals surface area contributed by atoms with Gasteiger partial charge in [-0.3, -0.25) is 0 Å². The van der Waals surface area contributed by atoms with Crippen molar-refractivity contribution < 1.29 is 14.6 Å². The normalized spacial score (nSPS) is 12.9. The number of fused-ring (bicyclic) bond motifs is 1. The van der Waals surface area contributed by atoms with E-state index in [9.17, 15) is 9.90 Å². The second-order valence-corrected chi connectivity index (χ2v) is 7.85. The molecule has 1 aliphatic heterocycles. The van der Waals surface area contributed by atoms with Crippen LogP contribution in [0.3, 0.4) is 0 Å². The monoisotopic (exact) mass is 394 g/mol. The molecule has 0 fully saturated rings. The number of aromatic nitrogens is 1. The fourth-order valence-electron chi connectivity index (χ4n) is 3.35. The molecule has 0 radical (unpaired) electrons. The van der Waals surface area contributed by atoms with Gasteiger partial charge in [0.15, 0.2) is 5.69 Å². The molecule has 0 saturated heterocycles. The van der Waals surface area contributed by atoms with Crippen LogP contribution >= 0.6 is 11.3 Å². The Hall–Kier alpha value is -2.86. The highest BCUT2D eigenvalue weighted by Gasteiger charge is 2.19. The zero-order chi connectivity index (χ0) is 19.3. The average Bonchev–Trinajstić information content (AvgIpc) is 3.16. The fraction of sp³-hybridized carbons (Fsp3) is 0.273. The van der Waals surface area contributed by atoms with Crippen LogP contribution in [-0.2, 0) is 12.8 Å². The van der Waals surface area contributed by atoms with Crippen LogP contribution in [0, 0.1) is 0 Å². The summed E-state index contributed by atoms with van der Waals surface area (Å²) in [5.41, 5.74) is 3.56. The Labute approximate surface area is 168 Å². The summed E-state index contributed by atoms with van der Waals surface area (Å²) in [5.74, 6) is -0.148. The third kappa shape index (κ3) is 4.17. The SMILES string of the molecule is O=C(O)c1nc(-c2ccc3c(c2)NCCC3)sc1CCCOc1ccccc1. The summed E-state index contributed by atoms with van der Waals surface area (Å²) in [7, 11) is 0. The van der Waals surface area contributed by atoms with Gasteiger partial charge < -0.3 is 15.2 Å². The average molecular weight is 394 g/mol. The van der Waals surface area contributed by atoms with Crippen LogP contribution in [-0.4, -0.2) is 29.2 Å². The minimum absolute atomic E-state index is 0.158. The Morgan fingerprint density at radius 1 is 1.21 bits per heavy atom. The van der Waals surface area contributed by atoms with Gasteiger partial charge in [-0.05, 0) is 49.4 Å². The summed E-state index contributed by atoms with van der Waals surface area (Å²) >= 11 is 1.46. The number of hydrogen-bond acceptors (Lipinski definition) is 5. The Morgan fingerprint density at radius 2 is 2.07 bits per heavy atom. The molecule has 2 N–H and O–H groups in total. The molecule has 0 spiro atoms. The van der Waals surface area contributed by atoms with E-state index in [-0.39, 0.29) is 5.69 Å². The second kappa shape index (κ2) is 8.44. The molecule has 1 aliphatic rings. The van der Waals surface area contributed by atoms with Crippen molar-refractivity contribution in [2.75, 3.05) is 18.5 Å². The number of aryl methyl sites for hydroxylation is 2. The van der Waals surface area contributed by atoms with E-state index in [1.165, 1.54) is 16.9 Å². The number of carboxylic acids is 1. The van der Waals surface area contributed by atoms with Crippen molar-refractivity contribution in [3.8, 4) is 16.3 Å². The lowest BCUT2D eigenvalue weighted by molar-refractivity contribution is 0.0690. The maximum Gasteiger partial charge on any atom is 0.355 e. The highest BCUT2D eigenvalue weighted by molar-refractivity contribution is 7.15. The number of carboxylic acid groups (broad SMARTS) is 1. The number of ether oxygens (including phenoxy) is 1. The maximum absolute atomic E-state index is 11.7. The van der Waals surface area contributed by atoms with Gasteiger partial charge in [-0.1, -0.05) is 30.3 Å². The number of aromatic carboxylic acids is 1. The molecule has 2 aromatic carbocycles. The van der Waals surface area contributed by atoms with Crippen molar-refractivity contribution >= 4 is 23.0 Å². The zero-order valence-electron chi connectivity index (χ0n) is 15.5. The van der Waals surface area contributed by atoms with E-state index in [0.29, 0.717) is 13.0 Å². The number of carbonyl (C=O) groups is 1. The molecular formula is C22H22N2O3S. The van der Waals surface area contributed by atoms with Crippen LogP contribution in [0.1, 0.15) is 33.8 Å². The first kappa shape index (κ1) is 18.5. The summed E-state index contributed by atoms with van der Waals surface area (Å²) in [4.78, 5) is 16.9. The first-order valence-electron chi connectivity index (χ1n) is 9.49. The number of benzene rings is 2. The van der Waals surface area contributed by atoms with E-state index in [1.54, 1.807) is 0 Å². The summed E-state index contributed by atoms with van der Waals surface area (Å²) in [6, 6.07) is 15.9. The summed E-state index contributed by atoms with van der Waals surface area (Å²) in [6.07, 6.45) is 3.59. The number of nitrogens with zero attached hydrogens (tertiary/aromatic N) is 1. The maximum atomic E-state index is 11.7. The van der Waals surface area contributed by atoms with E-state index in [0.717, 1.165) is 52.7 Å². The molecule has 0 unspecified atom stereocenters. The lowest BCUT2D eigenvalue weighted by Crippen LogP contribution is -2.11. The van der Waals surface area contributed by atoms with Crippen molar-refractivity contribution in [2.45, 2.75) is 25.7 Å². The molecule has 1 aromatic heterocycles. The summed E-state index contributed by atoms with van der Waals surface area (Å²) in [5, 5.41) is 13.7. The van der Waals surface area contributed by atoms with Crippen LogP contribution in [0.15, 0.2) is 48.5 Å². The largest absolute Gasteiger partial charge is 0.494 e. The van der Waals surface area contributed by atoms with E-state index in [1.807, 2.05) is 36.4 Å². The van der Waals surface area contributed by atoms with Crippen LogP contribution in [0.4, 0.5) is 5.69 Å². The van der Waals surface area contributed by atoms with Gasteiger partial charge in [0.2, 0.25) is 0 Å². The fourth-order valence-corrected chi connectivity index (χ4v) is 4.44. The Morgan fingerprint density at radius 3 is 2.89 bits per heavy atom. The number of thiazole rings is 1. The number of para-hydroxylation sites is 1. The number of rotatable bonds is 7. The van der Waals surface area contributed by atoms with Crippen molar-refractivity contribution in [3.63, 3.8) is 0 Å². The second-order valence-electron chi connectivity index (χ2n) is 6.76. The molecule has 5 nitrogen and oxygen atoms in total. The van der Waals surface area contributed by atoms with Gasteiger partial charge in [-0.25, -0.2) is 9.78 Å². The topological polar surface area (TPSA) is 71.5 Å². The molecule has 3 aromatic rings. The highest BCUT2D eigenvalue weighted by atomic mass is 32.1.